The average Bonchev–Trinajstić information content (AvgIpc) is 2.74. The van der Waals surface area contributed by atoms with Crippen molar-refractivity contribution in [3.63, 3.8) is 0 Å². The third-order valence-electron chi connectivity index (χ3n) is 3.88. The van der Waals surface area contributed by atoms with Gasteiger partial charge in [0.05, 0.1) is 11.4 Å². The summed E-state index contributed by atoms with van der Waals surface area (Å²) in [6.07, 6.45) is 3.68. The highest BCUT2D eigenvalue weighted by Crippen LogP contribution is 2.30. The minimum absolute atomic E-state index is 0. The van der Waals surface area contributed by atoms with Crippen LogP contribution >= 0.6 is 36.4 Å². The molecular formula is C15H24Cl3N3O. The van der Waals surface area contributed by atoms with Gasteiger partial charge in [0.15, 0.2) is 0 Å². The molecule has 4 nitrogen and oxygen atoms in total. The number of hydrogen-bond donors (Lipinski definition) is 2. The standard InChI is InChI=1S/C15H22ClN3O.2ClH/c1-19(2)14-7-6-11(16)9-13(14)18-15(20)8-10-4-3-5-12(10)17;;/h6-7,9-10,12H,3-5,8,17H2,1-2H3,(H,18,20);2*1H/t10-,12+;;/m0../s1. The van der Waals surface area contributed by atoms with Gasteiger partial charge in [0.2, 0.25) is 5.91 Å². The molecule has 2 rings (SSSR count). The lowest BCUT2D eigenvalue weighted by molar-refractivity contribution is -0.117. The Balaban J connectivity index is 0.00000220. The molecule has 0 aliphatic heterocycles. The molecule has 1 amide bonds. The zero-order valence-electron chi connectivity index (χ0n) is 12.8. The molecule has 7 heteroatoms. The van der Waals surface area contributed by atoms with Crippen molar-refractivity contribution in [2.75, 3.05) is 24.3 Å². The summed E-state index contributed by atoms with van der Waals surface area (Å²) in [6, 6.07) is 5.66. The Labute approximate surface area is 149 Å². The number of nitrogens with one attached hydrogen (secondary N) is 1. The van der Waals surface area contributed by atoms with Crippen molar-refractivity contribution < 1.29 is 4.79 Å². The first-order valence-electron chi connectivity index (χ1n) is 6.99. The largest absolute Gasteiger partial charge is 0.376 e. The smallest absolute Gasteiger partial charge is 0.224 e. The van der Waals surface area contributed by atoms with Crippen molar-refractivity contribution in [2.45, 2.75) is 31.7 Å². The number of amides is 1. The number of nitrogens with two attached hydrogens (primary N) is 1. The first-order chi connectivity index (χ1) is 9.47. The first-order valence-corrected chi connectivity index (χ1v) is 7.37. The van der Waals surface area contributed by atoms with Crippen LogP contribution in [0.4, 0.5) is 11.4 Å². The lowest BCUT2D eigenvalue weighted by Crippen LogP contribution is -2.28. The molecule has 1 fully saturated rings. The molecule has 22 heavy (non-hydrogen) atoms. The van der Waals surface area contributed by atoms with E-state index in [0.29, 0.717) is 17.4 Å². The maximum absolute atomic E-state index is 12.2. The number of rotatable bonds is 4. The van der Waals surface area contributed by atoms with Crippen molar-refractivity contribution in [1.29, 1.82) is 0 Å². The van der Waals surface area contributed by atoms with Crippen LogP contribution in [0.5, 0.6) is 0 Å². The molecule has 0 heterocycles. The molecular weight excluding hydrogens is 345 g/mol. The molecule has 1 aliphatic rings. The highest BCUT2D eigenvalue weighted by Gasteiger charge is 2.26. The number of carbonyl (C=O) groups excluding carboxylic acids is 1. The number of benzene rings is 1. The van der Waals surface area contributed by atoms with Crippen molar-refractivity contribution in [2.24, 2.45) is 11.7 Å². The van der Waals surface area contributed by atoms with Gasteiger partial charge >= 0.3 is 0 Å². The highest BCUT2D eigenvalue weighted by atomic mass is 35.5. The van der Waals surface area contributed by atoms with E-state index in [4.69, 9.17) is 17.3 Å². The van der Waals surface area contributed by atoms with Gasteiger partial charge < -0.3 is 16.0 Å². The van der Waals surface area contributed by atoms with Gasteiger partial charge in [-0.15, -0.1) is 24.8 Å². The number of carbonyl (C=O) groups is 1. The Hall–Kier alpha value is -0.680. The Kier molecular flexibility index (Phi) is 9.16. The van der Waals surface area contributed by atoms with Crippen LogP contribution in [0.3, 0.4) is 0 Å². The van der Waals surface area contributed by atoms with Crippen molar-refractivity contribution >= 4 is 53.7 Å². The summed E-state index contributed by atoms with van der Waals surface area (Å²) in [5.41, 5.74) is 7.71. The van der Waals surface area contributed by atoms with Crippen LogP contribution in [0.15, 0.2) is 18.2 Å². The second kappa shape index (κ2) is 9.46. The summed E-state index contributed by atoms with van der Waals surface area (Å²) in [7, 11) is 3.87. The van der Waals surface area contributed by atoms with Crippen LogP contribution in [0.1, 0.15) is 25.7 Å². The fourth-order valence-corrected chi connectivity index (χ4v) is 2.93. The summed E-state index contributed by atoms with van der Waals surface area (Å²) in [4.78, 5) is 14.1. The summed E-state index contributed by atoms with van der Waals surface area (Å²) in [5.74, 6) is 0.315. The maximum Gasteiger partial charge on any atom is 0.224 e. The van der Waals surface area contributed by atoms with Crippen LogP contribution < -0.4 is 16.0 Å². The van der Waals surface area contributed by atoms with Gasteiger partial charge in [-0.05, 0) is 37.0 Å². The molecule has 0 bridgehead atoms. The summed E-state index contributed by atoms with van der Waals surface area (Å²) in [6.45, 7) is 0. The molecule has 1 saturated carbocycles. The van der Waals surface area contributed by atoms with E-state index >= 15 is 0 Å². The van der Waals surface area contributed by atoms with Gasteiger partial charge in [-0.1, -0.05) is 18.0 Å². The van der Waals surface area contributed by atoms with Gasteiger partial charge in [-0.25, -0.2) is 0 Å². The van der Waals surface area contributed by atoms with E-state index in [1.54, 1.807) is 6.07 Å². The van der Waals surface area contributed by atoms with E-state index in [1.165, 1.54) is 0 Å². The van der Waals surface area contributed by atoms with Crippen LogP contribution in [-0.4, -0.2) is 26.0 Å². The molecule has 2 atom stereocenters. The number of nitrogens with zero attached hydrogens (tertiary/aromatic N) is 1. The van der Waals surface area contributed by atoms with Crippen molar-refractivity contribution in [1.82, 2.24) is 0 Å². The van der Waals surface area contributed by atoms with E-state index in [0.717, 1.165) is 30.6 Å². The van der Waals surface area contributed by atoms with Gasteiger partial charge in [-0.3, -0.25) is 4.79 Å². The molecule has 3 N–H and O–H groups in total. The normalized spacial score (nSPS) is 19.8. The fraction of sp³-hybridized carbons (Fsp3) is 0.533. The van der Waals surface area contributed by atoms with Gasteiger partial charge in [-0.2, -0.15) is 0 Å². The molecule has 1 aliphatic carbocycles. The number of hydrogen-bond acceptors (Lipinski definition) is 3. The maximum atomic E-state index is 12.2. The predicted octanol–water partition coefficient (Wildman–Crippen LogP) is 3.71. The van der Waals surface area contributed by atoms with Crippen molar-refractivity contribution in [3.8, 4) is 0 Å². The molecule has 126 valence electrons. The number of anilines is 2. The molecule has 0 unspecified atom stereocenters. The van der Waals surface area contributed by atoms with Crippen LogP contribution in [0, 0.1) is 5.92 Å². The monoisotopic (exact) mass is 367 g/mol. The molecule has 0 radical (unpaired) electrons. The lowest BCUT2D eigenvalue weighted by Gasteiger charge is -2.19. The third-order valence-corrected chi connectivity index (χ3v) is 4.12. The van der Waals surface area contributed by atoms with Gasteiger partial charge in [0, 0.05) is 31.6 Å². The molecule has 0 saturated heterocycles. The third kappa shape index (κ3) is 5.51. The second-order valence-corrected chi connectivity index (χ2v) is 6.10. The first kappa shape index (κ1) is 21.3. The zero-order chi connectivity index (χ0) is 14.7. The summed E-state index contributed by atoms with van der Waals surface area (Å²) < 4.78 is 0. The van der Waals surface area contributed by atoms with E-state index in [2.05, 4.69) is 5.32 Å². The summed E-state index contributed by atoms with van der Waals surface area (Å²) >= 11 is 6.01. The molecule has 1 aromatic carbocycles. The van der Waals surface area contributed by atoms with Gasteiger partial charge in [0.25, 0.3) is 0 Å². The zero-order valence-corrected chi connectivity index (χ0v) is 15.2. The second-order valence-electron chi connectivity index (χ2n) is 5.66. The fourth-order valence-electron chi connectivity index (χ4n) is 2.76. The van der Waals surface area contributed by atoms with Crippen LogP contribution in [-0.2, 0) is 4.79 Å². The van der Waals surface area contributed by atoms with E-state index < -0.39 is 0 Å². The predicted molar refractivity (Wildman–Crippen MR) is 98.8 cm³/mol. The van der Waals surface area contributed by atoms with Crippen molar-refractivity contribution in [3.05, 3.63) is 23.2 Å². The van der Waals surface area contributed by atoms with E-state index in [9.17, 15) is 4.79 Å². The Morgan fingerprint density at radius 3 is 2.59 bits per heavy atom. The van der Waals surface area contributed by atoms with Crippen LogP contribution in [0.2, 0.25) is 5.02 Å². The quantitative estimate of drug-likeness (QED) is 0.852. The Morgan fingerprint density at radius 2 is 2.05 bits per heavy atom. The SMILES string of the molecule is CN(C)c1ccc(Cl)cc1NC(=O)C[C@@H]1CCC[C@H]1N.Cl.Cl. The minimum atomic E-state index is 0. The molecule has 0 aromatic heterocycles. The highest BCUT2D eigenvalue weighted by molar-refractivity contribution is 6.31. The summed E-state index contributed by atoms with van der Waals surface area (Å²) in [5, 5.41) is 3.57. The Bertz CT molecular complexity index is 497. The van der Waals surface area contributed by atoms with Gasteiger partial charge in [0.1, 0.15) is 0 Å². The average molecular weight is 369 g/mol. The number of halogens is 3. The van der Waals surface area contributed by atoms with Crippen LogP contribution in [0.25, 0.3) is 0 Å². The molecule has 1 aromatic rings. The van der Waals surface area contributed by atoms with E-state index in [1.807, 2.05) is 31.1 Å². The molecule has 0 spiro atoms. The van der Waals surface area contributed by atoms with E-state index in [-0.39, 0.29) is 36.8 Å². The Morgan fingerprint density at radius 1 is 1.36 bits per heavy atom. The topological polar surface area (TPSA) is 58.4 Å². The minimum Gasteiger partial charge on any atom is -0.376 e. The lowest BCUT2D eigenvalue weighted by atomic mass is 10.00.